The van der Waals surface area contributed by atoms with Crippen molar-refractivity contribution in [3.8, 4) is 0 Å². The maximum atomic E-state index is 14.0. The molecular formula is C23H20FN7. The van der Waals surface area contributed by atoms with E-state index in [1.807, 2.05) is 49.3 Å². The predicted molar refractivity (Wildman–Crippen MR) is 120 cm³/mol. The van der Waals surface area contributed by atoms with Gasteiger partial charge in [0, 0.05) is 36.1 Å². The van der Waals surface area contributed by atoms with E-state index in [0.717, 1.165) is 33.3 Å². The zero-order valence-electron chi connectivity index (χ0n) is 17.1. The van der Waals surface area contributed by atoms with Gasteiger partial charge in [0.2, 0.25) is 0 Å². The topological polar surface area (TPSA) is 71.8 Å². The molecule has 3 heterocycles. The van der Waals surface area contributed by atoms with Gasteiger partial charge in [-0.2, -0.15) is 5.10 Å². The van der Waals surface area contributed by atoms with Crippen molar-refractivity contribution in [2.24, 2.45) is 0 Å². The molecule has 5 rings (SSSR count). The molecule has 0 fully saturated rings. The number of hydrogen-bond donors (Lipinski definition) is 1. The van der Waals surface area contributed by atoms with Crippen LogP contribution in [0.15, 0.2) is 67.3 Å². The normalized spacial score (nSPS) is 11.2. The van der Waals surface area contributed by atoms with Gasteiger partial charge in [-0.15, -0.1) is 0 Å². The summed E-state index contributed by atoms with van der Waals surface area (Å²) >= 11 is 0. The minimum Gasteiger partial charge on any atom is -0.363 e. The summed E-state index contributed by atoms with van der Waals surface area (Å²) in [5.41, 5.74) is 3.18. The van der Waals surface area contributed by atoms with Crippen molar-refractivity contribution in [3.05, 3.63) is 78.6 Å². The number of rotatable bonds is 5. The number of aromatic nitrogens is 5. The molecular weight excluding hydrogens is 393 g/mol. The van der Waals surface area contributed by atoms with Crippen molar-refractivity contribution in [2.75, 3.05) is 24.3 Å². The van der Waals surface area contributed by atoms with Gasteiger partial charge in [0.15, 0.2) is 0 Å². The van der Waals surface area contributed by atoms with Crippen molar-refractivity contribution >= 4 is 39.1 Å². The fourth-order valence-corrected chi connectivity index (χ4v) is 3.51. The standard InChI is InChI=1S/C23H20FN7/c1-30(2)22-10-18-20(12-25-22)26-14-27-23(18)29-17-7-8-21-16(9-17)11-28-31(21)13-15-5-3-4-6-19(15)24/h3-12,14H,13H2,1-2H3,(H,26,27,29). The van der Waals surface area contributed by atoms with Crippen molar-refractivity contribution in [3.63, 3.8) is 0 Å². The van der Waals surface area contributed by atoms with Gasteiger partial charge in [-0.3, -0.25) is 4.68 Å². The Bertz CT molecular complexity index is 1390. The van der Waals surface area contributed by atoms with Gasteiger partial charge < -0.3 is 10.2 Å². The average Bonchev–Trinajstić information content (AvgIpc) is 3.17. The third-order valence-corrected chi connectivity index (χ3v) is 5.15. The number of nitrogens with zero attached hydrogens (tertiary/aromatic N) is 6. The highest BCUT2D eigenvalue weighted by Gasteiger charge is 2.10. The minimum atomic E-state index is -0.230. The maximum Gasteiger partial charge on any atom is 0.141 e. The van der Waals surface area contributed by atoms with Crippen LogP contribution in [0.4, 0.5) is 21.7 Å². The molecule has 5 aromatic rings. The lowest BCUT2D eigenvalue weighted by Crippen LogP contribution is -2.10. The molecule has 8 heteroatoms. The number of nitrogens with one attached hydrogen (secondary N) is 1. The quantitative estimate of drug-likeness (QED) is 0.461. The summed E-state index contributed by atoms with van der Waals surface area (Å²) < 4.78 is 15.8. The molecule has 154 valence electrons. The number of benzene rings is 2. The van der Waals surface area contributed by atoms with Crippen LogP contribution >= 0.6 is 0 Å². The summed E-state index contributed by atoms with van der Waals surface area (Å²) in [5.74, 6) is 1.30. The van der Waals surface area contributed by atoms with Crippen LogP contribution in [0.25, 0.3) is 21.8 Å². The average molecular weight is 413 g/mol. The molecule has 0 aliphatic carbocycles. The molecule has 0 atom stereocenters. The molecule has 1 N–H and O–H groups in total. The Kier molecular flexibility index (Phi) is 4.66. The Hall–Kier alpha value is -4.07. The first-order chi connectivity index (χ1) is 15.1. The van der Waals surface area contributed by atoms with E-state index in [-0.39, 0.29) is 5.82 Å². The first kappa shape index (κ1) is 18.9. The second-order valence-electron chi connectivity index (χ2n) is 7.47. The third-order valence-electron chi connectivity index (χ3n) is 5.15. The number of hydrogen-bond acceptors (Lipinski definition) is 6. The SMILES string of the molecule is CN(C)c1cc2c(Nc3ccc4c(cnn4Cc4ccccc4F)c3)ncnc2cn1. The van der Waals surface area contributed by atoms with E-state index >= 15 is 0 Å². The molecule has 31 heavy (non-hydrogen) atoms. The fourth-order valence-electron chi connectivity index (χ4n) is 3.51. The Balaban J connectivity index is 1.47. The van der Waals surface area contributed by atoms with E-state index in [1.165, 1.54) is 12.4 Å². The summed E-state index contributed by atoms with van der Waals surface area (Å²) in [7, 11) is 3.88. The van der Waals surface area contributed by atoms with Gasteiger partial charge in [0.05, 0.1) is 30.0 Å². The predicted octanol–water partition coefficient (Wildman–Crippen LogP) is 4.37. The summed E-state index contributed by atoms with van der Waals surface area (Å²) in [4.78, 5) is 15.1. The Morgan fingerprint density at radius 3 is 2.71 bits per heavy atom. The highest BCUT2D eigenvalue weighted by atomic mass is 19.1. The highest BCUT2D eigenvalue weighted by Crippen LogP contribution is 2.27. The molecule has 0 aliphatic rings. The number of fused-ring (bicyclic) bond motifs is 2. The van der Waals surface area contributed by atoms with Crippen LogP contribution in [0.2, 0.25) is 0 Å². The van der Waals surface area contributed by atoms with E-state index in [1.54, 1.807) is 29.2 Å². The fraction of sp³-hybridized carbons (Fsp3) is 0.130. The van der Waals surface area contributed by atoms with Crippen LogP contribution in [0.3, 0.4) is 0 Å². The number of halogens is 1. The van der Waals surface area contributed by atoms with Crippen LogP contribution in [-0.2, 0) is 6.54 Å². The van der Waals surface area contributed by atoms with Crippen molar-refractivity contribution in [1.82, 2.24) is 24.7 Å². The first-order valence-corrected chi connectivity index (χ1v) is 9.82. The molecule has 0 aliphatic heterocycles. The Morgan fingerprint density at radius 1 is 1.00 bits per heavy atom. The molecule has 0 radical (unpaired) electrons. The van der Waals surface area contributed by atoms with Crippen molar-refractivity contribution < 1.29 is 4.39 Å². The van der Waals surface area contributed by atoms with Crippen LogP contribution in [0.5, 0.6) is 0 Å². The third kappa shape index (κ3) is 3.63. The van der Waals surface area contributed by atoms with Gasteiger partial charge >= 0.3 is 0 Å². The molecule has 0 unspecified atom stereocenters. The van der Waals surface area contributed by atoms with Crippen LogP contribution < -0.4 is 10.2 Å². The van der Waals surface area contributed by atoms with Gasteiger partial charge in [0.25, 0.3) is 0 Å². The molecule has 0 saturated carbocycles. The largest absolute Gasteiger partial charge is 0.363 e. The van der Waals surface area contributed by atoms with E-state index < -0.39 is 0 Å². The zero-order valence-corrected chi connectivity index (χ0v) is 17.1. The highest BCUT2D eigenvalue weighted by molar-refractivity contribution is 5.93. The lowest BCUT2D eigenvalue weighted by Gasteiger charge is -2.13. The van der Waals surface area contributed by atoms with Crippen molar-refractivity contribution in [2.45, 2.75) is 6.54 Å². The summed E-state index contributed by atoms with van der Waals surface area (Å²) in [6, 6.07) is 14.7. The van der Waals surface area contributed by atoms with Crippen LogP contribution in [0, 0.1) is 5.82 Å². The smallest absolute Gasteiger partial charge is 0.141 e. The van der Waals surface area contributed by atoms with Gasteiger partial charge in [-0.1, -0.05) is 18.2 Å². The van der Waals surface area contributed by atoms with Crippen molar-refractivity contribution in [1.29, 1.82) is 0 Å². The Morgan fingerprint density at radius 2 is 1.87 bits per heavy atom. The molecule has 0 spiro atoms. The number of pyridine rings is 1. The summed E-state index contributed by atoms with van der Waals surface area (Å²) in [6.07, 6.45) is 5.05. The van der Waals surface area contributed by atoms with E-state index in [0.29, 0.717) is 17.9 Å². The number of anilines is 3. The molecule has 2 aromatic carbocycles. The van der Waals surface area contributed by atoms with E-state index in [4.69, 9.17) is 0 Å². The van der Waals surface area contributed by atoms with Crippen LogP contribution in [-0.4, -0.2) is 38.8 Å². The second-order valence-corrected chi connectivity index (χ2v) is 7.47. The lowest BCUT2D eigenvalue weighted by molar-refractivity contribution is 0.590. The van der Waals surface area contributed by atoms with Gasteiger partial charge in [-0.25, -0.2) is 19.3 Å². The molecule has 3 aromatic heterocycles. The maximum absolute atomic E-state index is 14.0. The van der Waals surface area contributed by atoms with Crippen LogP contribution in [0.1, 0.15) is 5.56 Å². The molecule has 7 nitrogen and oxygen atoms in total. The zero-order chi connectivity index (χ0) is 21.4. The molecule has 0 bridgehead atoms. The monoisotopic (exact) mass is 413 g/mol. The molecule has 0 saturated heterocycles. The second kappa shape index (κ2) is 7.64. The van der Waals surface area contributed by atoms with Gasteiger partial charge in [0.1, 0.15) is 23.8 Å². The minimum absolute atomic E-state index is 0.230. The van der Waals surface area contributed by atoms with E-state index in [2.05, 4.69) is 25.4 Å². The molecule has 0 amide bonds. The van der Waals surface area contributed by atoms with Gasteiger partial charge in [-0.05, 0) is 30.3 Å². The lowest BCUT2D eigenvalue weighted by atomic mass is 10.2. The van der Waals surface area contributed by atoms with E-state index in [9.17, 15) is 4.39 Å². The Labute approximate surface area is 178 Å². The summed E-state index contributed by atoms with van der Waals surface area (Å²) in [5, 5.41) is 9.66. The first-order valence-electron chi connectivity index (χ1n) is 9.82. The summed E-state index contributed by atoms with van der Waals surface area (Å²) in [6.45, 7) is 0.375.